The van der Waals surface area contributed by atoms with Crippen LogP contribution in [0.3, 0.4) is 0 Å². The van der Waals surface area contributed by atoms with E-state index >= 15 is 0 Å². The molecule has 0 aromatic heterocycles. The van der Waals surface area contributed by atoms with Gasteiger partial charge in [0.2, 0.25) is 0 Å². The van der Waals surface area contributed by atoms with Crippen LogP contribution < -0.4 is 5.32 Å². The van der Waals surface area contributed by atoms with Crippen LogP contribution in [-0.4, -0.2) is 72.7 Å². The topological polar surface area (TPSA) is 55.8 Å². The van der Waals surface area contributed by atoms with Crippen molar-refractivity contribution in [2.75, 3.05) is 40.3 Å². The van der Waals surface area contributed by atoms with E-state index in [1.54, 1.807) is 6.92 Å². The number of hydrogen-bond donors (Lipinski definition) is 2. The van der Waals surface area contributed by atoms with E-state index in [0.29, 0.717) is 19.1 Å². The van der Waals surface area contributed by atoms with E-state index in [4.69, 9.17) is 0 Å². The van der Waals surface area contributed by atoms with E-state index in [0.717, 1.165) is 19.5 Å². The molecule has 0 radical (unpaired) electrons. The molecule has 2 N–H and O–H groups in total. The van der Waals surface area contributed by atoms with Gasteiger partial charge in [-0.15, -0.1) is 0 Å². The molecule has 0 bridgehead atoms. The Balaban J connectivity index is 2.61. The van der Waals surface area contributed by atoms with Crippen LogP contribution in [0.5, 0.6) is 0 Å². The van der Waals surface area contributed by atoms with E-state index in [9.17, 15) is 9.90 Å². The first-order chi connectivity index (χ1) is 8.39. The van der Waals surface area contributed by atoms with Crippen LogP contribution in [0.4, 0.5) is 0 Å². The van der Waals surface area contributed by atoms with Gasteiger partial charge in [0.1, 0.15) is 5.54 Å². The Labute approximate surface area is 110 Å². The molecule has 2 atom stereocenters. The molecule has 0 aromatic rings. The third-order valence-electron chi connectivity index (χ3n) is 3.79. The highest BCUT2D eigenvalue weighted by Gasteiger charge is 2.35. The van der Waals surface area contributed by atoms with Crippen LogP contribution in [-0.2, 0) is 4.79 Å². The Kier molecular flexibility index (Phi) is 5.56. The first kappa shape index (κ1) is 15.4. The summed E-state index contributed by atoms with van der Waals surface area (Å²) in [5, 5.41) is 12.5. The molecule has 1 rings (SSSR count). The molecule has 1 heterocycles. The maximum atomic E-state index is 11.4. The highest BCUT2D eigenvalue weighted by molar-refractivity contribution is 5.78. The van der Waals surface area contributed by atoms with Crippen LogP contribution in [0, 0.1) is 0 Å². The molecule has 0 aromatic carbocycles. The minimum absolute atomic E-state index is 0.540. The van der Waals surface area contributed by atoms with Crippen molar-refractivity contribution < 1.29 is 9.90 Å². The second kappa shape index (κ2) is 6.50. The largest absolute Gasteiger partial charge is 0.480 e. The van der Waals surface area contributed by atoms with Gasteiger partial charge in [-0.3, -0.25) is 9.69 Å². The number of carbonyl (C=O) groups is 1. The third kappa shape index (κ3) is 3.93. The number of likely N-dealkylation sites (tertiary alicyclic amines) is 1. The van der Waals surface area contributed by atoms with Crippen LogP contribution in [0.25, 0.3) is 0 Å². The minimum atomic E-state index is -0.844. The molecule has 18 heavy (non-hydrogen) atoms. The fourth-order valence-electron chi connectivity index (χ4n) is 2.63. The SMILES string of the molecule is CCNC(C)(CN1CCCC(N(C)C)C1)C(=O)O. The average molecular weight is 257 g/mol. The van der Waals surface area contributed by atoms with Gasteiger partial charge in [0.05, 0.1) is 0 Å². The van der Waals surface area contributed by atoms with Gasteiger partial charge >= 0.3 is 5.97 Å². The lowest BCUT2D eigenvalue weighted by atomic mass is 9.98. The van der Waals surface area contributed by atoms with Crippen molar-refractivity contribution in [2.24, 2.45) is 0 Å². The second-order valence-electron chi connectivity index (χ2n) is 5.66. The van der Waals surface area contributed by atoms with Gasteiger partial charge in [0, 0.05) is 19.1 Å². The summed E-state index contributed by atoms with van der Waals surface area (Å²) in [6.45, 7) is 6.92. The monoisotopic (exact) mass is 257 g/mol. The first-order valence-corrected chi connectivity index (χ1v) is 6.76. The fraction of sp³-hybridized carbons (Fsp3) is 0.923. The summed E-state index contributed by atoms with van der Waals surface area (Å²) in [7, 11) is 4.18. The van der Waals surface area contributed by atoms with E-state index in [1.165, 1.54) is 6.42 Å². The molecule has 1 aliphatic heterocycles. The molecule has 2 unspecified atom stereocenters. The van der Waals surface area contributed by atoms with Crippen LogP contribution in [0.15, 0.2) is 0 Å². The normalized spacial score (nSPS) is 25.1. The molecular weight excluding hydrogens is 230 g/mol. The van der Waals surface area contributed by atoms with Gasteiger partial charge in [-0.05, 0) is 47.0 Å². The smallest absolute Gasteiger partial charge is 0.324 e. The first-order valence-electron chi connectivity index (χ1n) is 6.76. The Morgan fingerprint density at radius 2 is 2.22 bits per heavy atom. The third-order valence-corrected chi connectivity index (χ3v) is 3.79. The summed E-state index contributed by atoms with van der Waals surface area (Å²) in [5.41, 5.74) is -0.844. The molecule has 5 heteroatoms. The van der Waals surface area contributed by atoms with Gasteiger partial charge in [-0.25, -0.2) is 0 Å². The van der Waals surface area contributed by atoms with Gasteiger partial charge < -0.3 is 15.3 Å². The molecule has 1 aliphatic rings. The number of nitrogens with zero attached hydrogens (tertiary/aromatic N) is 2. The minimum Gasteiger partial charge on any atom is -0.480 e. The quantitative estimate of drug-likeness (QED) is 0.724. The summed E-state index contributed by atoms with van der Waals surface area (Å²) in [6, 6.07) is 0.540. The number of piperidine rings is 1. The molecule has 0 amide bonds. The van der Waals surface area contributed by atoms with Gasteiger partial charge in [0.15, 0.2) is 0 Å². The van der Waals surface area contributed by atoms with Crippen molar-refractivity contribution in [3.05, 3.63) is 0 Å². The van der Waals surface area contributed by atoms with E-state index in [1.807, 2.05) is 6.92 Å². The number of rotatable bonds is 6. The molecule has 0 aliphatic carbocycles. The highest BCUT2D eigenvalue weighted by atomic mass is 16.4. The van der Waals surface area contributed by atoms with Crippen molar-refractivity contribution in [2.45, 2.75) is 38.3 Å². The summed E-state index contributed by atoms with van der Waals surface area (Å²) in [5.74, 6) is -0.767. The molecule has 1 fully saturated rings. The van der Waals surface area contributed by atoms with Crippen LogP contribution in [0.1, 0.15) is 26.7 Å². The molecular formula is C13H27N3O2. The van der Waals surface area contributed by atoms with Crippen LogP contribution >= 0.6 is 0 Å². The highest BCUT2D eigenvalue weighted by Crippen LogP contribution is 2.17. The van der Waals surface area contributed by atoms with Crippen molar-refractivity contribution in [1.82, 2.24) is 15.1 Å². The number of hydrogen-bond acceptors (Lipinski definition) is 4. The molecule has 0 spiro atoms. The van der Waals surface area contributed by atoms with Crippen molar-refractivity contribution in [1.29, 1.82) is 0 Å². The Morgan fingerprint density at radius 1 is 1.56 bits per heavy atom. The number of likely N-dealkylation sites (N-methyl/N-ethyl adjacent to an activating group) is 2. The lowest BCUT2D eigenvalue weighted by Gasteiger charge is -2.40. The molecule has 1 saturated heterocycles. The number of aliphatic carboxylic acids is 1. The Hall–Kier alpha value is -0.650. The van der Waals surface area contributed by atoms with Crippen molar-refractivity contribution >= 4 is 5.97 Å². The molecule has 106 valence electrons. The molecule has 0 saturated carbocycles. The zero-order chi connectivity index (χ0) is 13.8. The van der Waals surface area contributed by atoms with Gasteiger partial charge in [-0.1, -0.05) is 6.92 Å². The predicted molar refractivity (Wildman–Crippen MR) is 72.9 cm³/mol. The zero-order valence-electron chi connectivity index (χ0n) is 12.1. The maximum absolute atomic E-state index is 11.4. The number of carboxylic acid groups (broad SMARTS) is 1. The second-order valence-corrected chi connectivity index (χ2v) is 5.66. The summed E-state index contributed by atoms with van der Waals surface area (Å²) >= 11 is 0. The van der Waals surface area contributed by atoms with Crippen LogP contribution in [0.2, 0.25) is 0 Å². The maximum Gasteiger partial charge on any atom is 0.324 e. The Morgan fingerprint density at radius 3 is 2.72 bits per heavy atom. The molecule has 5 nitrogen and oxygen atoms in total. The Bertz CT molecular complexity index is 283. The summed E-state index contributed by atoms with van der Waals surface area (Å²) in [6.07, 6.45) is 2.35. The van der Waals surface area contributed by atoms with Crippen molar-refractivity contribution in [3.63, 3.8) is 0 Å². The average Bonchev–Trinajstić information content (AvgIpc) is 2.29. The predicted octanol–water partition coefficient (Wildman–Crippen LogP) is 0.465. The van der Waals surface area contributed by atoms with E-state index in [-0.39, 0.29) is 0 Å². The lowest BCUT2D eigenvalue weighted by molar-refractivity contribution is -0.145. The van der Waals surface area contributed by atoms with Gasteiger partial charge in [0.25, 0.3) is 0 Å². The summed E-state index contributed by atoms with van der Waals surface area (Å²) < 4.78 is 0. The van der Waals surface area contributed by atoms with E-state index < -0.39 is 11.5 Å². The fourth-order valence-corrected chi connectivity index (χ4v) is 2.63. The number of carboxylic acids is 1. The lowest BCUT2D eigenvalue weighted by Crippen LogP contribution is -2.59. The van der Waals surface area contributed by atoms with Crippen molar-refractivity contribution in [3.8, 4) is 0 Å². The number of nitrogens with one attached hydrogen (secondary N) is 1. The van der Waals surface area contributed by atoms with Gasteiger partial charge in [-0.2, -0.15) is 0 Å². The standard InChI is InChI=1S/C13H27N3O2/c1-5-14-13(2,12(17)18)10-16-8-6-7-11(9-16)15(3)4/h11,14H,5-10H2,1-4H3,(H,17,18). The van der Waals surface area contributed by atoms with E-state index in [2.05, 4.69) is 29.2 Å². The zero-order valence-corrected chi connectivity index (χ0v) is 12.1. The summed E-state index contributed by atoms with van der Waals surface area (Å²) in [4.78, 5) is 15.9.